The number of anilines is 3. The van der Waals surface area contributed by atoms with Gasteiger partial charge < -0.3 is 20.9 Å². The highest BCUT2D eigenvalue weighted by Crippen LogP contribution is 2.14. The van der Waals surface area contributed by atoms with E-state index in [0.29, 0.717) is 24.5 Å². The largest absolute Gasteiger partial charge is 0.378 e. The molecule has 0 atom stereocenters. The molecule has 31 heavy (non-hydrogen) atoms. The van der Waals surface area contributed by atoms with Crippen LogP contribution in [-0.2, 0) is 20.9 Å². The van der Waals surface area contributed by atoms with Gasteiger partial charge in [-0.2, -0.15) is 0 Å². The number of rotatable bonds is 10. The number of hydrogen-bond donors (Lipinski definition) is 3. The summed E-state index contributed by atoms with van der Waals surface area (Å²) >= 11 is 0. The van der Waals surface area contributed by atoms with E-state index in [2.05, 4.69) is 16.0 Å². The minimum atomic E-state index is -0.207. The predicted octanol–water partition coefficient (Wildman–Crippen LogP) is 2.29. The van der Waals surface area contributed by atoms with E-state index in [9.17, 15) is 14.4 Å². The Morgan fingerprint density at radius 1 is 0.806 bits per heavy atom. The highest BCUT2D eigenvalue weighted by atomic mass is 16.2. The third-order valence-electron chi connectivity index (χ3n) is 4.61. The molecule has 0 fully saturated rings. The van der Waals surface area contributed by atoms with Crippen molar-refractivity contribution >= 4 is 34.8 Å². The molecular formula is C23H31N5O3. The van der Waals surface area contributed by atoms with E-state index < -0.39 is 0 Å². The fourth-order valence-corrected chi connectivity index (χ4v) is 2.89. The van der Waals surface area contributed by atoms with Gasteiger partial charge in [-0.1, -0.05) is 19.1 Å². The fraction of sp³-hybridized carbons (Fsp3) is 0.348. The minimum Gasteiger partial charge on any atom is -0.378 e. The minimum absolute atomic E-state index is 0.106. The molecule has 166 valence electrons. The number of nitrogens with one attached hydrogen (secondary N) is 3. The number of nitrogens with zero attached hydrogens (tertiary/aromatic N) is 2. The molecule has 3 N–H and O–H groups in total. The number of benzene rings is 2. The molecular weight excluding hydrogens is 394 g/mol. The summed E-state index contributed by atoms with van der Waals surface area (Å²) in [5.41, 5.74) is 3.40. The normalized spacial score (nSPS) is 10.5. The molecule has 0 heterocycles. The van der Waals surface area contributed by atoms with Crippen LogP contribution < -0.4 is 20.9 Å². The van der Waals surface area contributed by atoms with Crippen LogP contribution in [0, 0.1) is 0 Å². The zero-order valence-corrected chi connectivity index (χ0v) is 18.6. The molecule has 8 heteroatoms. The molecule has 0 saturated carbocycles. The highest BCUT2D eigenvalue weighted by Gasteiger charge is 2.13. The molecule has 0 bridgehead atoms. The summed E-state index contributed by atoms with van der Waals surface area (Å²) in [6.07, 6.45) is 0. The average molecular weight is 426 g/mol. The molecule has 0 spiro atoms. The number of carbonyl (C=O) groups is 3. The van der Waals surface area contributed by atoms with Crippen LogP contribution in [0.5, 0.6) is 0 Å². The van der Waals surface area contributed by atoms with Gasteiger partial charge in [0.25, 0.3) is 0 Å². The fourth-order valence-electron chi connectivity index (χ4n) is 2.89. The Morgan fingerprint density at radius 3 is 1.87 bits per heavy atom. The summed E-state index contributed by atoms with van der Waals surface area (Å²) in [5, 5.41) is 8.37. The summed E-state index contributed by atoms with van der Waals surface area (Å²) in [6.45, 7) is 4.60. The van der Waals surface area contributed by atoms with Gasteiger partial charge in [-0.15, -0.1) is 0 Å². The number of likely N-dealkylation sites (N-methyl/N-ethyl adjacent to an activating group) is 1. The molecule has 0 aliphatic rings. The second-order valence-electron chi connectivity index (χ2n) is 7.45. The van der Waals surface area contributed by atoms with Gasteiger partial charge in [0, 0.05) is 44.6 Å². The SMILES string of the molecule is CCN(CC(=O)NCc1ccc(N(C)C)cc1)CC(=O)Nc1ccc(NC(C)=O)cc1. The van der Waals surface area contributed by atoms with Crippen LogP contribution in [-0.4, -0.2) is 56.4 Å². The Balaban J connectivity index is 1.78. The summed E-state index contributed by atoms with van der Waals surface area (Å²) in [6, 6.07) is 14.8. The molecule has 8 nitrogen and oxygen atoms in total. The van der Waals surface area contributed by atoms with Crippen molar-refractivity contribution in [2.45, 2.75) is 20.4 Å². The van der Waals surface area contributed by atoms with E-state index in [0.717, 1.165) is 11.3 Å². The smallest absolute Gasteiger partial charge is 0.238 e. The molecule has 0 aliphatic carbocycles. The lowest BCUT2D eigenvalue weighted by Crippen LogP contribution is -2.40. The van der Waals surface area contributed by atoms with Gasteiger partial charge >= 0.3 is 0 Å². The predicted molar refractivity (Wildman–Crippen MR) is 124 cm³/mol. The van der Waals surface area contributed by atoms with Crippen LogP contribution in [0.4, 0.5) is 17.1 Å². The van der Waals surface area contributed by atoms with E-state index in [1.807, 2.05) is 50.2 Å². The Morgan fingerprint density at radius 2 is 1.35 bits per heavy atom. The van der Waals surface area contributed by atoms with Crippen molar-refractivity contribution in [3.63, 3.8) is 0 Å². The maximum atomic E-state index is 12.3. The average Bonchev–Trinajstić information content (AvgIpc) is 2.73. The number of amides is 3. The summed E-state index contributed by atoms with van der Waals surface area (Å²) in [4.78, 5) is 39.5. The maximum Gasteiger partial charge on any atom is 0.238 e. The lowest BCUT2D eigenvalue weighted by Gasteiger charge is -2.19. The Hall–Kier alpha value is -3.39. The van der Waals surface area contributed by atoms with E-state index in [1.54, 1.807) is 29.2 Å². The first-order chi connectivity index (χ1) is 14.8. The van der Waals surface area contributed by atoms with Crippen LogP contribution >= 0.6 is 0 Å². The maximum absolute atomic E-state index is 12.3. The second-order valence-corrected chi connectivity index (χ2v) is 7.45. The third kappa shape index (κ3) is 8.47. The molecule has 0 unspecified atom stereocenters. The van der Waals surface area contributed by atoms with Gasteiger partial charge in [-0.3, -0.25) is 19.3 Å². The van der Waals surface area contributed by atoms with Crippen molar-refractivity contribution in [2.24, 2.45) is 0 Å². The lowest BCUT2D eigenvalue weighted by atomic mass is 10.2. The summed E-state index contributed by atoms with van der Waals surface area (Å²) < 4.78 is 0. The van der Waals surface area contributed by atoms with Gasteiger partial charge in [0.15, 0.2) is 0 Å². The van der Waals surface area contributed by atoms with Gasteiger partial charge in [0.05, 0.1) is 13.1 Å². The van der Waals surface area contributed by atoms with Crippen LogP contribution in [0.15, 0.2) is 48.5 Å². The van der Waals surface area contributed by atoms with Gasteiger partial charge in [0.1, 0.15) is 0 Å². The first-order valence-corrected chi connectivity index (χ1v) is 10.2. The first kappa shape index (κ1) is 23.9. The molecule has 0 aromatic heterocycles. The van der Waals surface area contributed by atoms with Gasteiger partial charge in [0.2, 0.25) is 17.7 Å². The monoisotopic (exact) mass is 425 g/mol. The van der Waals surface area contributed by atoms with Crippen molar-refractivity contribution in [1.29, 1.82) is 0 Å². The standard InChI is InChI=1S/C23H31N5O3/c1-5-28(15-22(30)24-14-18-6-12-21(13-7-18)27(3)4)16-23(31)26-20-10-8-19(9-11-20)25-17(2)29/h6-13H,5,14-16H2,1-4H3,(H,24,30)(H,25,29)(H,26,31). The molecule has 2 aromatic carbocycles. The topological polar surface area (TPSA) is 93.8 Å². The number of hydrogen-bond acceptors (Lipinski definition) is 5. The summed E-state index contributed by atoms with van der Waals surface area (Å²) in [5.74, 6) is -0.494. The van der Waals surface area contributed by atoms with Gasteiger partial charge in [-0.25, -0.2) is 0 Å². The van der Waals surface area contributed by atoms with Crippen LogP contribution in [0.1, 0.15) is 19.4 Å². The van der Waals surface area contributed by atoms with Crippen molar-refractivity contribution < 1.29 is 14.4 Å². The van der Waals surface area contributed by atoms with Crippen molar-refractivity contribution in [3.05, 3.63) is 54.1 Å². The third-order valence-corrected chi connectivity index (χ3v) is 4.61. The zero-order chi connectivity index (χ0) is 22.8. The van der Waals surface area contributed by atoms with Crippen LogP contribution in [0.3, 0.4) is 0 Å². The molecule has 3 amide bonds. The van der Waals surface area contributed by atoms with E-state index in [4.69, 9.17) is 0 Å². The van der Waals surface area contributed by atoms with Crippen molar-refractivity contribution in [3.8, 4) is 0 Å². The van der Waals surface area contributed by atoms with Crippen LogP contribution in [0.2, 0.25) is 0 Å². The zero-order valence-electron chi connectivity index (χ0n) is 18.6. The molecule has 2 aromatic rings. The Bertz CT molecular complexity index is 879. The molecule has 0 saturated heterocycles. The van der Waals surface area contributed by atoms with E-state index in [1.165, 1.54) is 6.92 Å². The quantitative estimate of drug-likeness (QED) is 0.543. The summed E-state index contributed by atoms with van der Waals surface area (Å²) in [7, 11) is 3.96. The first-order valence-electron chi connectivity index (χ1n) is 10.2. The van der Waals surface area contributed by atoms with Crippen molar-refractivity contribution in [2.75, 3.05) is 49.3 Å². The van der Waals surface area contributed by atoms with Gasteiger partial charge in [-0.05, 0) is 48.5 Å². The van der Waals surface area contributed by atoms with Crippen LogP contribution in [0.25, 0.3) is 0 Å². The molecule has 2 rings (SSSR count). The Kier molecular flexibility index (Phi) is 9.02. The molecule has 0 aliphatic heterocycles. The second kappa shape index (κ2) is 11.7. The van der Waals surface area contributed by atoms with Crippen molar-refractivity contribution in [1.82, 2.24) is 10.2 Å². The Labute approximate surface area is 183 Å². The molecule has 0 radical (unpaired) electrons. The number of carbonyl (C=O) groups excluding carboxylic acids is 3. The highest BCUT2D eigenvalue weighted by molar-refractivity contribution is 5.93. The van der Waals surface area contributed by atoms with E-state index in [-0.39, 0.29) is 30.8 Å². The lowest BCUT2D eigenvalue weighted by molar-refractivity contribution is -0.123. The van der Waals surface area contributed by atoms with E-state index >= 15 is 0 Å².